The molecule has 0 fully saturated rings. The standard InChI is InChI=1S/C14H13BrFNO2/c15-10-2-1-3-11(7-10)17-13(8-18)9-4-5-14(19)12(16)6-9/h1-7,13,17-19H,8H2. The minimum absolute atomic E-state index is 0.184. The zero-order chi connectivity index (χ0) is 13.8. The van der Waals surface area contributed by atoms with Gasteiger partial charge in [0.25, 0.3) is 0 Å². The first kappa shape index (κ1) is 13.8. The average Bonchev–Trinajstić information content (AvgIpc) is 2.39. The van der Waals surface area contributed by atoms with Crippen LogP contribution in [0.2, 0.25) is 0 Å². The van der Waals surface area contributed by atoms with Crippen LogP contribution in [0.15, 0.2) is 46.9 Å². The van der Waals surface area contributed by atoms with Gasteiger partial charge in [-0.05, 0) is 35.9 Å². The van der Waals surface area contributed by atoms with Gasteiger partial charge >= 0.3 is 0 Å². The summed E-state index contributed by atoms with van der Waals surface area (Å²) >= 11 is 3.36. The molecule has 0 saturated heterocycles. The predicted octanol–water partition coefficient (Wildman–Crippen LogP) is 3.44. The van der Waals surface area contributed by atoms with Gasteiger partial charge in [-0.15, -0.1) is 0 Å². The number of rotatable bonds is 4. The molecular weight excluding hydrogens is 313 g/mol. The summed E-state index contributed by atoms with van der Waals surface area (Å²) in [6, 6.07) is 11.1. The normalized spacial score (nSPS) is 12.2. The Morgan fingerprint density at radius 1 is 1.21 bits per heavy atom. The summed E-state index contributed by atoms with van der Waals surface area (Å²) in [6.07, 6.45) is 0. The molecule has 3 N–H and O–H groups in total. The molecule has 0 amide bonds. The molecule has 2 rings (SSSR count). The van der Waals surface area contributed by atoms with E-state index in [1.807, 2.05) is 24.3 Å². The second-order valence-corrected chi connectivity index (χ2v) is 5.02. The van der Waals surface area contributed by atoms with Crippen molar-refractivity contribution >= 4 is 21.6 Å². The van der Waals surface area contributed by atoms with Crippen molar-refractivity contribution in [3.05, 3.63) is 58.3 Å². The van der Waals surface area contributed by atoms with Crippen molar-refractivity contribution < 1.29 is 14.6 Å². The number of aliphatic hydroxyl groups is 1. The maximum absolute atomic E-state index is 13.3. The lowest BCUT2D eigenvalue weighted by Gasteiger charge is -2.18. The van der Waals surface area contributed by atoms with Gasteiger partial charge in [0.2, 0.25) is 0 Å². The molecule has 0 radical (unpaired) electrons. The molecule has 0 spiro atoms. The minimum Gasteiger partial charge on any atom is -0.505 e. The van der Waals surface area contributed by atoms with Gasteiger partial charge in [-0.25, -0.2) is 4.39 Å². The Hall–Kier alpha value is -1.59. The summed E-state index contributed by atoms with van der Waals surface area (Å²) < 4.78 is 14.2. The third kappa shape index (κ3) is 3.45. The van der Waals surface area contributed by atoms with E-state index < -0.39 is 17.6 Å². The van der Waals surface area contributed by atoms with Crippen LogP contribution in [0.25, 0.3) is 0 Å². The van der Waals surface area contributed by atoms with Crippen molar-refractivity contribution in [3.63, 3.8) is 0 Å². The fourth-order valence-corrected chi connectivity index (χ4v) is 2.15. The molecule has 0 aromatic heterocycles. The second-order valence-electron chi connectivity index (χ2n) is 4.10. The molecular formula is C14H13BrFNO2. The number of aromatic hydroxyl groups is 1. The highest BCUT2D eigenvalue weighted by molar-refractivity contribution is 9.10. The van der Waals surface area contributed by atoms with Crippen molar-refractivity contribution in [2.45, 2.75) is 6.04 Å². The molecule has 1 atom stereocenters. The van der Waals surface area contributed by atoms with Crippen molar-refractivity contribution in [2.24, 2.45) is 0 Å². The van der Waals surface area contributed by atoms with E-state index in [0.29, 0.717) is 5.56 Å². The van der Waals surface area contributed by atoms with Gasteiger partial charge < -0.3 is 15.5 Å². The zero-order valence-corrected chi connectivity index (χ0v) is 11.6. The lowest BCUT2D eigenvalue weighted by atomic mass is 10.1. The van der Waals surface area contributed by atoms with E-state index in [9.17, 15) is 9.50 Å². The Bertz CT molecular complexity index is 577. The molecule has 2 aromatic rings. The largest absolute Gasteiger partial charge is 0.505 e. The van der Waals surface area contributed by atoms with Crippen LogP contribution in [-0.2, 0) is 0 Å². The van der Waals surface area contributed by atoms with Crippen LogP contribution < -0.4 is 5.32 Å². The molecule has 19 heavy (non-hydrogen) atoms. The number of anilines is 1. The summed E-state index contributed by atoms with van der Waals surface area (Å²) in [5, 5.41) is 21.7. The summed E-state index contributed by atoms with van der Waals surface area (Å²) in [5.74, 6) is -1.10. The zero-order valence-electron chi connectivity index (χ0n) is 9.98. The molecule has 2 aromatic carbocycles. The average molecular weight is 326 g/mol. The molecule has 1 unspecified atom stereocenters. The summed E-state index contributed by atoms with van der Waals surface area (Å²) in [5.41, 5.74) is 1.37. The molecule has 0 heterocycles. The third-order valence-electron chi connectivity index (χ3n) is 2.72. The predicted molar refractivity (Wildman–Crippen MR) is 75.7 cm³/mol. The van der Waals surface area contributed by atoms with Crippen LogP contribution in [0, 0.1) is 5.82 Å². The van der Waals surface area contributed by atoms with E-state index >= 15 is 0 Å². The van der Waals surface area contributed by atoms with E-state index in [1.54, 1.807) is 6.07 Å². The van der Waals surface area contributed by atoms with Crippen molar-refractivity contribution in [1.82, 2.24) is 0 Å². The molecule has 0 aliphatic carbocycles. The quantitative estimate of drug-likeness (QED) is 0.807. The highest BCUT2D eigenvalue weighted by atomic mass is 79.9. The molecule has 0 saturated carbocycles. The Labute approximate surface area is 118 Å². The van der Waals surface area contributed by atoms with Gasteiger partial charge in [-0.3, -0.25) is 0 Å². The van der Waals surface area contributed by atoms with Crippen LogP contribution in [0.1, 0.15) is 11.6 Å². The first-order valence-corrected chi connectivity index (χ1v) is 6.51. The smallest absolute Gasteiger partial charge is 0.165 e. The first-order valence-electron chi connectivity index (χ1n) is 5.71. The fourth-order valence-electron chi connectivity index (χ4n) is 1.75. The second kappa shape index (κ2) is 6.04. The number of halogens is 2. The van der Waals surface area contributed by atoms with Crippen LogP contribution in [-0.4, -0.2) is 16.8 Å². The van der Waals surface area contributed by atoms with E-state index in [0.717, 1.165) is 10.2 Å². The van der Waals surface area contributed by atoms with Gasteiger partial charge in [-0.1, -0.05) is 28.1 Å². The number of benzene rings is 2. The van der Waals surface area contributed by atoms with Crippen LogP contribution in [0.4, 0.5) is 10.1 Å². The Balaban J connectivity index is 2.22. The number of phenols is 1. The van der Waals surface area contributed by atoms with Crippen molar-refractivity contribution in [3.8, 4) is 5.75 Å². The topological polar surface area (TPSA) is 52.5 Å². The summed E-state index contributed by atoms with van der Waals surface area (Å²) in [4.78, 5) is 0. The van der Waals surface area contributed by atoms with Crippen LogP contribution in [0.5, 0.6) is 5.75 Å². The molecule has 3 nitrogen and oxygen atoms in total. The molecule has 0 aliphatic heterocycles. The monoisotopic (exact) mass is 325 g/mol. The summed E-state index contributed by atoms with van der Waals surface area (Å²) in [6.45, 7) is -0.184. The van der Waals surface area contributed by atoms with Crippen LogP contribution in [0.3, 0.4) is 0 Å². The van der Waals surface area contributed by atoms with Crippen molar-refractivity contribution in [1.29, 1.82) is 0 Å². The number of hydrogen-bond donors (Lipinski definition) is 3. The first-order chi connectivity index (χ1) is 9.10. The minimum atomic E-state index is -0.702. The Morgan fingerprint density at radius 2 is 2.00 bits per heavy atom. The van der Waals surface area contributed by atoms with Gasteiger partial charge in [-0.2, -0.15) is 0 Å². The van der Waals surface area contributed by atoms with Gasteiger partial charge in [0, 0.05) is 10.2 Å². The maximum Gasteiger partial charge on any atom is 0.165 e. The summed E-state index contributed by atoms with van der Waals surface area (Å²) in [7, 11) is 0. The number of aliphatic hydroxyl groups excluding tert-OH is 1. The van der Waals surface area contributed by atoms with Gasteiger partial charge in [0.05, 0.1) is 12.6 Å². The SMILES string of the molecule is OCC(Nc1cccc(Br)c1)c1ccc(O)c(F)c1. The lowest BCUT2D eigenvalue weighted by molar-refractivity contribution is 0.276. The highest BCUT2D eigenvalue weighted by Gasteiger charge is 2.12. The fraction of sp³-hybridized carbons (Fsp3) is 0.143. The number of hydrogen-bond acceptors (Lipinski definition) is 3. The maximum atomic E-state index is 13.3. The van der Waals surface area contributed by atoms with E-state index in [2.05, 4.69) is 21.2 Å². The van der Waals surface area contributed by atoms with E-state index in [4.69, 9.17) is 5.11 Å². The molecule has 0 bridgehead atoms. The lowest BCUT2D eigenvalue weighted by Crippen LogP contribution is -2.15. The number of phenolic OH excluding ortho intramolecular Hbond substituents is 1. The Kier molecular flexibility index (Phi) is 4.39. The van der Waals surface area contributed by atoms with Gasteiger partial charge in [0.15, 0.2) is 11.6 Å². The van der Waals surface area contributed by atoms with Gasteiger partial charge in [0.1, 0.15) is 0 Å². The molecule has 5 heteroatoms. The molecule has 100 valence electrons. The van der Waals surface area contributed by atoms with E-state index in [-0.39, 0.29) is 6.61 Å². The highest BCUT2D eigenvalue weighted by Crippen LogP contribution is 2.25. The van der Waals surface area contributed by atoms with E-state index in [1.165, 1.54) is 12.1 Å². The third-order valence-corrected chi connectivity index (χ3v) is 3.22. The molecule has 0 aliphatic rings. The van der Waals surface area contributed by atoms with Crippen LogP contribution >= 0.6 is 15.9 Å². The van der Waals surface area contributed by atoms with Crippen molar-refractivity contribution in [2.75, 3.05) is 11.9 Å². The number of nitrogens with one attached hydrogen (secondary N) is 1. The Morgan fingerprint density at radius 3 is 2.63 bits per heavy atom.